The monoisotopic (exact) mass is 208 g/mol. The van der Waals surface area contributed by atoms with Crippen LogP contribution in [0.5, 0.6) is 0 Å². The van der Waals surface area contributed by atoms with Gasteiger partial charge in [0.25, 0.3) is 0 Å². The molecule has 0 saturated carbocycles. The van der Waals surface area contributed by atoms with Crippen LogP contribution in [0.25, 0.3) is 0 Å². The highest BCUT2D eigenvalue weighted by Crippen LogP contribution is 1.98. The standard InChI is InChI=1S/C7H13NO.HO3P/c1-4-6(3)8-7(9)5-2;1-4(2)3/h5-6H,2,4H2,1,3H3,(H,8,9);(H-,1,2,3)/p+1. The number of rotatable bonds is 3. The van der Waals surface area contributed by atoms with Gasteiger partial charge in [-0.3, -0.25) is 4.79 Å². The number of nitrogens with one attached hydrogen (secondary N) is 1. The predicted molar refractivity (Wildman–Crippen MR) is 50.1 cm³/mol. The first-order valence-electron chi connectivity index (χ1n) is 3.72. The molecule has 0 aliphatic carbocycles. The lowest BCUT2D eigenvalue weighted by Gasteiger charge is -2.07. The van der Waals surface area contributed by atoms with Gasteiger partial charge in [-0.05, 0) is 19.4 Å². The predicted octanol–water partition coefficient (Wildman–Crippen LogP) is 0.715. The molecule has 76 valence electrons. The summed E-state index contributed by atoms with van der Waals surface area (Å²) in [6.45, 7) is 7.32. The van der Waals surface area contributed by atoms with E-state index in [4.69, 9.17) is 14.4 Å². The molecular formula is C7H15NO4P+. The molecule has 0 aromatic heterocycles. The van der Waals surface area contributed by atoms with Crippen molar-refractivity contribution in [1.29, 1.82) is 0 Å². The molecule has 0 radical (unpaired) electrons. The molecule has 1 amide bonds. The zero-order chi connectivity index (χ0) is 10.9. The van der Waals surface area contributed by atoms with Gasteiger partial charge in [-0.15, -0.1) is 9.79 Å². The molecule has 0 aromatic rings. The molecule has 0 saturated heterocycles. The summed E-state index contributed by atoms with van der Waals surface area (Å²) in [7, 11) is -2.87. The Labute approximate surface area is 78.4 Å². The Morgan fingerprint density at radius 1 is 1.69 bits per heavy atom. The summed E-state index contributed by atoms with van der Waals surface area (Å²) in [6, 6.07) is 0.260. The van der Waals surface area contributed by atoms with Crippen molar-refractivity contribution in [2.24, 2.45) is 0 Å². The van der Waals surface area contributed by atoms with E-state index >= 15 is 0 Å². The lowest BCUT2D eigenvalue weighted by molar-refractivity contribution is -0.117. The van der Waals surface area contributed by atoms with E-state index in [1.54, 1.807) is 0 Å². The van der Waals surface area contributed by atoms with Crippen LogP contribution < -0.4 is 5.32 Å². The molecule has 0 aromatic carbocycles. The molecule has 0 rings (SSSR count). The van der Waals surface area contributed by atoms with Gasteiger partial charge in [-0.2, -0.15) is 0 Å². The normalized spacial score (nSPS) is 10.5. The van der Waals surface area contributed by atoms with Gasteiger partial charge in [-0.25, -0.2) is 0 Å². The van der Waals surface area contributed by atoms with E-state index < -0.39 is 8.25 Å². The van der Waals surface area contributed by atoms with E-state index in [0.29, 0.717) is 0 Å². The number of carbonyl (C=O) groups excluding carboxylic acids is 1. The molecule has 0 spiro atoms. The van der Waals surface area contributed by atoms with Crippen LogP contribution >= 0.6 is 8.25 Å². The molecule has 5 nitrogen and oxygen atoms in total. The quantitative estimate of drug-likeness (QED) is 0.471. The van der Waals surface area contributed by atoms with E-state index in [2.05, 4.69) is 11.9 Å². The van der Waals surface area contributed by atoms with E-state index in [1.165, 1.54) is 6.08 Å². The second kappa shape index (κ2) is 9.32. The van der Waals surface area contributed by atoms with Gasteiger partial charge in [0.05, 0.1) is 0 Å². The molecule has 1 atom stereocenters. The summed E-state index contributed by atoms with van der Waals surface area (Å²) in [5.41, 5.74) is 0. The number of hydrogen-bond acceptors (Lipinski definition) is 2. The molecular weight excluding hydrogens is 193 g/mol. The summed E-state index contributed by atoms with van der Waals surface area (Å²) in [5.74, 6) is -0.0932. The third-order valence-electron chi connectivity index (χ3n) is 1.19. The van der Waals surface area contributed by atoms with Crippen molar-refractivity contribution in [2.75, 3.05) is 0 Å². The molecule has 1 unspecified atom stereocenters. The van der Waals surface area contributed by atoms with Crippen LogP contribution in [0.2, 0.25) is 0 Å². The Kier molecular flexibility index (Phi) is 10.6. The highest BCUT2D eigenvalue weighted by molar-refractivity contribution is 7.30. The number of hydrogen-bond donors (Lipinski definition) is 3. The molecule has 0 aliphatic heterocycles. The first-order chi connectivity index (χ1) is 5.93. The zero-order valence-corrected chi connectivity index (χ0v) is 8.62. The van der Waals surface area contributed by atoms with Crippen molar-refractivity contribution in [3.8, 4) is 0 Å². The molecule has 0 heterocycles. The number of amides is 1. The van der Waals surface area contributed by atoms with Crippen LogP contribution in [0, 0.1) is 0 Å². The fourth-order valence-corrected chi connectivity index (χ4v) is 0.404. The van der Waals surface area contributed by atoms with Crippen molar-refractivity contribution in [3.63, 3.8) is 0 Å². The van der Waals surface area contributed by atoms with Crippen molar-refractivity contribution < 1.29 is 19.1 Å². The van der Waals surface area contributed by atoms with Gasteiger partial charge in [0, 0.05) is 10.6 Å². The van der Waals surface area contributed by atoms with Gasteiger partial charge >= 0.3 is 8.25 Å². The minimum absolute atomic E-state index is 0.0932. The van der Waals surface area contributed by atoms with Gasteiger partial charge in [0.15, 0.2) is 0 Å². The molecule has 6 heteroatoms. The maximum absolute atomic E-state index is 10.6. The van der Waals surface area contributed by atoms with Gasteiger partial charge < -0.3 is 5.32 Å². The maximum Gasteiger partial charge on any atom is 0.692 e. The molecule has 0 bridgehead atoms. The van der Waals surface area contributed by atoms with Crippen LogP contribution in [0.15, 0.2) is 12.7 Å². The Hall–Kier alpha value is -0.770. The second-order valence-corrected chi connectivity index (χ2v) is 2.78. The smallest absolute Gasteiger partial charge is 0.350 e. The minimum atomic E-state index is -2.87. The Balaban J connectivity index is 0. The van der Waals surface area contributed by atoms with Crippen LogP contribution in [0.1, 0.15) is 20.3 Å². The van der Waals surface area contributed by atoms with Crippen molar-refractivity contribution >= 4 is 14.2 Å². The third kappa shape index (κ3) is 18.3. The van der Waals surface area contributed by atoms with Crippen LogP contribution in [-0.4, -0.2) is 21.7 Å². The topological polar surface area (TPSA) is 86.6 Å². The van der Waals surface area contributed by atoms with E-state index in [-0.39, 0.29) is 11.9 Å². The first-order valence-corrected chi connectivity index (χ1v) is 4.88. The summed E-state index contributed by atoms with van der Waals surface area (Å²) in [4.78, 5) is 24.8. The van der Waals surface area contributed by atoms with Gasteiger partial charge in [0.1, 0.15) is 0 Å². The maximum atomic E-state index is 10.6. The summed E-state index contributed by atoms with van der Waals surface area (Å²) >= 11 is 0. The lowest BCUT2D eigenvalue weighted by Crippen LogP contribution is -2.30. The minimum Gasteiger partial charge on any atom is -0.350 e. The fraction of sp³-hybridized carbons (Fsp3) is 0.571. The highest BCUT2D eigenvalue weighted by Gasteiger charge is 1.98. The summed E-state index contributed by atoms with van der Waals surface area (Å²) in [6.07, 6.45) is 2.24. The molecule has 0 fully saturated rings. The molecule has 13 heavy (non-hydrogen) atoms. The fourth-order valence-electron chi connectivity index (χ4n) is 0.404. The Morgan fingerprint density at radius 2 is 2.08 bits per heavy atom. The van der Waals surface area contributed by atoms with Crippen LogP contribution in [0.4, 0.5) is 0 Å². The second-order valence-electron chi connectivity index (χ2n) is 2.27. The SMILES string of the molecule is C=CC(=O)NC(C)CC.O=[P+](O)O. The van der Waals surface area contributed by atoms with Crippen LogP contribution in [-0.2, 0) is 9.36 Å². The largest absolute Gasteiger partial charge is 0.692 e. The van der Waals surface area contributed by atoms with Gasteiger partial charge in [0.2, 0.25) is 5.91 Å². The number of carbonyl (C=O) groups is 1. The zero-order valence-electron chi connectivity index (χ0n) is 7.73. The first kappa shape index (κ1) is 14.7. The Bertz CT molecular complexity index is 179. The van der Waals surface area contributed by atoms with Crippen molar-refractivity contribution in [2.45, 2.75) is 26.3 Å². The average molecular weight is 208 g/mol. The van der Waals surface area contributed by atoms with E-state index in [1.807, 2.05) is 13.8 Å². The van der Waals surface area contributed by atoms with Gasteiger partial charge in [-0.1, -0.05) is 13.5 Å². The van der Waals surface area contributed by atoms with E-state index in [9.17, 15) is 4.79 Å². The lowest BCUT2D eigenvalue weighted by atomic mass is 10.2. The Morgan fingerprint density at radius 3 is 2.31 bits per heavy atom. The van der Waals surface area contributed by atoms with Crippen LogP contribution in [0.3, 0.4) is 0 Å². The van der Waals surface area contributed by atoms with Crippen molar-refractivity contribution in [3.05, 3.63) is 12.7 Å². The van der Waals surface area contributed by atoms with Crippen molar-refractivity contribution in [1.82, 2.24) is 5.32 Å². The van der Waals surface area contributed by atoms with E-state index in [0.717, 1.165) is 6.42 Å². The summed E-state index contributed by atoms with van der Waals surface area (Å²) < 4.78 is 8.70. The molecule has 0 aliphatic rings. The highest BCUT2D eigenvalue weighted by atomic mass is 31.1. The average Bonchev–Trinajstić information content (AvgIpc) is 2.03. The molecule has 3 N–H and O–H groups in total. The third-order valence-corrected chi connectivity index (χ3v) is 1.19. The summed E-state index contributed by atoms with van der Waals surface area (Å²) in [5, 5.41) is 2.72.